The van der Waals surface area contributed by atoms with E-state index in [9.17, 15) is 4.79 Å². The highest BCUT2D eigenvalue weighted by Gasteiger charge is 2.23. The Hall–Kier alpha value is -2.56. The van der Waals surface area contributed by atoms with Gasteiger partial charge < -0.3 is 14.3 Å². The zero-order valence-corrected chi connectivity index (χ0v) is 13.8. The number of anilines is 1. The van der Waals surface area contributed by atoms with E-state index >= 15 is 0 Å². The summed E-state index contributed by atoms with van der Waals surface area (Å²) in [6.45, 7) is 3.98. The van der Waals surface area contributed by atoms with Crippen LogP contribution in [0.25, 0.3) is 11.1 Å². The van der Waals surface area contributed by atoms with Crippen molar-refractivity contribution in [3.63, 3.8) is 0 Å². The Morgan fingerprint density at radius 2 is 2.08 bits per heavy atom. The summed E-state index contributed by atoms with van der Waals surface area (Å²) in [5, 5.41) is 0. The summed E-state index contributed by atoms with van der Waals surface area (Å²) in [6.07, 6.45) is 5.06. The van der Waals surface area contributed by atoms with Gasteiger partial charge in [-0.15, -0.1) is 0 Å². The number of aromatic amines is 1. The van der Waals surface area contributed by atoms with Crippen LogP contribution in [0.2, 0.25) is 0 Å². The molecule has 5 heteroatoms. The van der Waals surface area contributed by atoms with Crippen LogP contribution >= 0.6 is 0 Å². The van der Waals surface area contributed by atoms with E-state index in [1.54, 1.807) is 6.07 Å². The van der Waals surface area contributed by atoms with Gasteiger partial charge in [0.15, 0.2) is 5.58 Å². The van der Waals surface area contributed by atoms with Gasteiger partial charge in [0.25, 0.3) is 6.01 Å². The van der Waals surface area contributed by atoms with Gasteiger partial charge in [0.05, 0.1) is 0 Å². The topological polar surface area (TPSA) is 62.1 Å². The average Bonchev–Trinajstić information content (AvgIpc) is 3.01. The number of aryl methyl sites for hydroxylation is 1. The lowest BCUT2D eigenvalue weighted by Crippen LogP contribution is -2.34. The summed E-state index contributed by atoms with van der Waals surface area (Å²) in [5.74, 6) is 0.638. The molecule has 0 unspecified atom stereocenters. The van der Waals surface area contributed by atoms with Crippen molar-refractivity contribution in [2.24, 2.45) is 5.92 Å². The molecule has 0 radical (unpaired) electrons. The molecule has 1 aliphatic rings. The minimum atomic E-state index is -0.0419. The smallest absolute Gasteiger partial charge is 0.298 e. The third kappa shape index (κ3) is 3.07. The van der Waals surface area contributed by atoms with Crippen LogP contribution < -0.4 is 10.5 Å². The highest BCUT2D eigenvalue weighted by atomic mass is 16.4. The molecule has 0 aliphatic carbocycles. The van der Waals surface area contributed by atoms with E-state index in [0.29, 0.717) is 5.92 Å². The van der Waals surface area contributed by atoms with Crippen molar-refractivity contribution in [2.75, 3.05) is 18.0 Å². The summed E-state index contributed by atoms with van der Waals surface area (Å²) in [5.41, 5.74) is 4.14. The molecule has 0 saturated carbocycles. The first kappa shape index (κ1) is 15.0. The van der Waals surface area contributed by atoms with Crippen LogP contribution in [0.5, 0.6) is 0 Å². The van der Waals surface area contributed by atoms with Gasteiger partial charge >= 0.3 is 0 Å². The molecule has 3 aromatic rings. The molecule has 1 saturated heterocycles. The Kier molecular flexibility index (Phi) is 3.84. The first-order valence-corrected chi connectivity index (χ1v) is 8.47. The van der Waals surface area contributed by atoms with Gasteiger partial charge in [0.2, 0.25) is 5.56 Å². The SMILES string of the molecule is Cc1ccc2oc(N3CCC(Cc4ccc(=O)[nH]c4)CC3)nc2c1. The quantitative estimate of drug-likeness (QED) is 0.803. The first-order chi connectivity index (χ1) is 11.7. The molecule has 124 valence electrons. The van der Waals surface area contributed by atoms with E-state index in [4.69, 9.17) is 4.42 Å². The fourth-order valence-corrected chi connectivity index (χ4v) is 3.39. The second-order valence-corrected chi connectivity index (χ2v) is 6.66. The highest BCUT2D eigenvalue weighted by Crippen LogP contribution is 2.28. The van der Waals surface area contributed by atoms with Crippen LogP contribution in [0.3, 0.4) is 0 Å². The monoisotopic (exact) mass is 323 g/mol. The maximum atomic E-state index is 11.1. The number of H-pyrrole nitrogens is 1. The van der Waals surface area contributed by atoms with Gasteiger partial charge in [-0.1, -0.05) is 12.1 Å². The predicted octanol–water partition coefficient (Wildman–Crippen LogP) is 3.28. The lowest BCUT2D eigenvalue weighted by molar-refractivity contribution is 0.388. The van der Waals surface area contributed by atoms with Gasteiger partial charge in [-0.3, -0.25) is 4.79 Å². The molecular formula is C19H21N3O2. The Morgan fingerprint density at radius 1 is 1.25 bits per heavy atom. The van der Waals surface area contributed by atoms with Gasteiger partial charge in [0, 0.05) is 25.4 Å². The number of oxazole rings is 1. The lowest BCUT2D eigenvalue weighted by Gasteiger charge is -2.30. The molecule has 0 atom stereocenters. The molecule has 24 heavy (non-hydrogen) atoms. The fraction of sp³-hybridized carbons (Fsp3) is 0.368. The molecule has 1 fully saturated rings. The Bertz CT molecular complexity index is 884. The van der Waals surface area contributed by atoms with Crippen LogP contribution in [-0.2, 0) is 6.42 Å². The number of fused-ring (bicyclic) bond motifs is 1. The van der Waals surface area contributed by atoms with Crippen molar-refractivity contribution in [1.82, 2.24) is 9.97 Å². The summed E-state index contributed by atoms with van der Waals surface area (Å²) >= 11 is 0. The zero-order chi connectivity index (χ0) is 16.5. The normalized spacial score (nSPS) is 16.0. The Balaban J connectivity index is 1.41. The zero-order valence-electron chi connectivity index (χ0n) is 13.8. The van der Waals surface area contributed by atoms with Crippen LogP contribution in [0, 0.1) is 12.8 Å². The largest absolute Gasteiger partial charge is 0.423 e. The first-order valence-electron chi connectivity index (χ1n) is 8.47. The van der Waals surface area contributed by atoms with Crippen LogP contribution in [-0.4, -0.2) is 23.1 Å². The van der Waals surface area contributed by atoms with Crippen molar-refractivity contribution in [1.29, 1.82) is 0 Å². The second-order valence-electron chi connectivity index (χ2n) is 6.66. The molecule has 1 aromatic carbocycles. The van der Waals surface area contributed by atoms with Crippen LogP contribution in [0.15, 0.2) is 45.7 Å². The van der Waals surface area contributed by atoms with Crippen molar-refractivity contribution in [3.05, 3.63) is 58.0 Å². The van der Waals surface area contributed by atoms with E-state index < -0.39 is 0 Å². The Labute approximate surface area is 140 Å². The molecule has 5 nitrogen and oxygen atoms in total. The molecule has 2 aromatic heterocycles. The maximum absolute atomic E-state index is 11.1. The van der Waals surface area contributed by atoms with Crippen LogP contribution in [0.1, 0.15) is 24.0 Å². The van der Waals surface area contributed by atoms with Crippen molar-refractivity contribution in [3.8, 4) is 0 Å². The molecular weight excluding hydrogens is 302 g/mol. The molecule has 4 rings (SSSR count). The van der Waals surface area contributed by atoms with Gasteiger partial charge in [-0.25, -0.2) is 0 Å². The molecule has 1 N–H and O–H groups in total. The number of pyridine rings is 1. The second kappa shape index (κ2) is 6.15. The molecule has 0 spiro atoms. The van der Waals surface area contributed by atoms with E-state index in [1.165, 1.54) is 11.1 Å². The summed E-state index contributed by atoms with van der Waals surface area (Å²) in [6, 6.07) is 10.4. The fourth-order valence-electron chi connectivity index (χ4n) is 3.39. The number of benzene rings is 1. The maximum Gasteiger partial charge on any atom is 0.298 e. The van der Waals surface area contributed by atoms with Gasteiger partial charge in [-0.05, 0) is 55.4 Å². The van der Waals surface area contributed by atoms with Crippen molar-refractivity contribution >= 4 is 17.1 Å². The van der Waals surface area contributed by atoms with Gasteiger partial charge in [0.1, 0.15) is 5.52 Å². The molecule has 0 bridgehead atoms. The number of nitrogens with zero attached hydrogens (tertiary/aromatic N) is 2. The molecule has 0 amide bonds. The number of hydrogen-bond acceptors (Lipinski definition) is 4. The van der Waals surface area contributed by atoms with Gasteiger partial charge in [-0.2, -0.15) is 4.98 Å². The van der Waals surface area contributed by atoms with E-state index in [-0.39, 0.29) is 5.56 Å². The van der Waals surface area contributed by atoms with E-state index in [2.05, 4.69) is 27.9 Å². The number of rotatable bonds is 3. The molecule has 3 heterocycles. The standard InChI is InChI=1S/C19H21N3O2/c1-13-2-4-17-16(10-13)21-19(24-17)22-8-6-14(7-9-22)11-15-3-5-18(23)20-12-15/h2-5,10,12,14H,6-9,11H2,1H3,(H,20,23). The number of piperidine rings is 1. The van der Waals surface area contributed by atoms with E-state index in [1.807, 2.05) is 24.4 Å². The minimum absolute atomic E-state index is 0.0419. The third-order valence-corrected chi connectivity index (χ3v) is 4.79. The third-order valence-electron chi connectivity index (χ3n) is 4.79. The predicted molar refractivity (Wildman–Crippen MR) is 94.4 cm³/mol. The van der Waals surface area contributed by atoms with Crippen LogP contribution in [0.4, 0.5) is 6.01 Å². The minimum Gasteiger partial charge on any atom is -0.423 e. The molecule has 1 aliphatic heterocycles. The average molecular weight is 323 g/mol. The Morgan fingerprint density at radius 3 is 2.83 bits per heavy atom. The number of nitrogens with one attached hydrogen (secondary N) is 1. The summed E-state index contributed by atoms with van der Waals surface area (Å²) < 4.78 is 5.90. The highest BCUT2D eigenvalue weighted by molar-refractivity contribution is 5.75. The van der Waals surface area contributed by atoms with Crippen molar-refractivity contribution < 1.29 is 4.42 Å². The summed E-state index contributed by atoms with van der Waals surface area (Å²) in [4.78, 5) is 20.8. The number of aromatic nitrogens is 2. The van der Waals surface area contributed by atoms with Crippen molar-refractivity contribution in [2.45, 2.75) is 26.2 Å². The van der Waals surface area contributed by atoms with E-state index in [0.717, 1.165) is 49.5 Å². The summed E-state index contributed by atoms with van der Waals surface area (Å²) in [7, 11) is 0. The number of hydrogen-bond donors (Lipinski definition) is 1. The lowest BCUT2D eigenvalue weighted by atomic mass is 9.91.